The molecule has 0 spiro atoms. The highest BCUT2D eigenvalue weighted by molar-refractivity contribution is 7.90. The van der Waals surface area contributed by atoms with E-state index in [1.165, 1.54) is 18.2 Å². The summed E-state index contributed by atoms with van der Waals surface area (Å²) in [6.07, 6.45) is 5.84. The lowest BCUT2D eigenvalue weighted by molar-refractivity contribution is -0.121. The van der Waals surface area contributed by atoms with Crippen LogP contribution in [0.4, 0.5) is 0 Å². The fourth-order valence-corrected chi connectivity index (χ4v) is 4.29. The highest BCUT2D eigenvalue weighted by Crippen LogP contribution is 2.16. The Labute approximate surface area is 200 Å². The molecule has 10 heteroatoms. The van der Waals surface area contributed by atoms with E-state index in [2.05, 4.69) is 10.3 Å². The minimum absolute atomic E-state index is 0.0243. The first-order chi connectivity index (χ1) is 16.2. The summed E-state index contributed by atoms with van der Waals surface area (Å²) in [7, 11) is -4.14. The summed E-state index contributed by atoms with van der Waals surface area (Å²) in [5.41, 5.74) is 1.06. The summed E-state index contributed by atoms with van der Waals surface area (Å²) in [5.74, 6) is -2.11. The number of unbranched alkanes of at least 4 members (excludes halogenated alkanes) is 2. The van der Waals surface area contributed by atoms with Gasteiger partial charge in [-0.05, 0) is 55.0 Å². The molecule has 9 nitrogen and oxygen atoms in total. The molecule has 0 fully saturated rings. The Kier molecular flexibility index (Phi) is 10.2. The van der Waals surface area contributed by atoms with Crippen LogP contribution < -0.4 is 10.0 Å². The van der Waals surface area contributed by atoms with Gasteiger partial charge in [-0.25, -0.2) is 22.9 Å². The maximum atomic E-state index is 12.7. The van der Waals surface area contributed by atoms with Gasteiger partial charge < -0.3 is 10.4 Å². The van der Waals surface area contributed by atoms with E-state index in [4.69, 9.17) is 0 Å². The van der Waals surface area contributed by atoms with Gasteiger partial charge >= 0.3 is 5.97 Å². The molecule has 1 aromatic carbocycles. The minimum Gasteiger partial charge on any atom is -0.477 e. The van der Waals surface area contributed by atoms with Gasteiger partial charge in [-0.2, -0.15) is 0 Å². The lowest BCUT2D eigenvalue weighted by Crippen LogP contribution is -2.31. The summed E-state index contributed by atoms with van der Waals surface area (Å²) in [5, 5.41) is 12.1. The van der Waals surface area contributed by atoms with Gasteiger partial charge in [-0.1, -0.05) is 38.8 Å². The number of carboxylic acids is 1. The highest BCUT2D eigenvalue weighted by Gasteiger charge is 2.21. The number of sulfonamides is 1. The standard InChI is InChI=1S/C24H31N3O6S/c1-3-5-6-8-18-15-19(16-26-22(18)24(30)31)23(29)27-34(32,33)20-11-9-17(10-12-20)13-14-25-21(28)7-4-2/h9-12,15-16H,3-8,13-14H2,1-2H3,(H,25,28)(H,27,29)(H,30,31). The predicted molar refractivity (Wildman–Crippen MR) is 127 cm³/mol. The third-order valence-corrected chi connectivity index (χ3v) is 6.50. The number of aromatic carboxylic acids is 1. The molecule has 1 aromatic heterocycles. The van der Waals surface area contributed by atoms with Crippen molar-refractivity contribution in [2.75, 3.05) is 6.54 Å². The van der Waals surface area contributed by atoms with Gasteiger partial charge in [0.1, 0.15) is 0 Å². The van der Waals surface area contributed by atoms with Gasteiger partial charge in [0.15, 0.2) is 5.69 Å². The van der Waals surface area contributed by atoms with Crippen molar-refractivity contribution in [2.45, 2.75) is 63.7 Å². The molecule has 0 aliphatic heterocycles. The Hall–Kier alpha value is -3.27. The number of aryl methyl sites for hydroxylation is 1. The smallest absolute Gasteiger partial charge is 0.354 e. The lowest BCUT2D eigenvalue weighted by Gasteiger charge is -2.10. The zero-order chi connectivity index (χ0) is 25.1. The van der Waals surface area contributed by atoms with Gasteiger partial charge in [0.25, 0.3) is 15.9 Å². The number of carbonyl (C=O) groups excluding carboxylic acids is 2. The first-order valence-electron chi connectivity index (χ1n) is 11.3. The fourth-order valence-electron chi connectivity index (χ4n) is 3.32. The quantitative estimate of drug-likeness (QED) is 0.367. The Morgan fingerprint density at radius 2 is 1.71 bits per heavy atom. The van der Waals surface area contributed by atoms with Crippen molar-refractivity contribution in [3.63, 3.8) is 0 Å². The highest BCUT2D eigenvalue weighted by atomic mass is 32.2. The van der Waals surface area contributed by atoms with Crippen LogP contribution in [0.5, 0.6) is 0 Å². The molecule has 2 rings (SSSR count). The van der Waals surface area contributed by atoms with E-state index in [0.717, 1.165) is 37.4 Å². The average molecular weight is 490 g/mol. The monoisotopic (exact) mass is 489 g/mol. The molecule has 0 radical (unpaired) electrons. The number of carbonyl (C=O) groups is 3. The Morgan fingerprint density at radius 3 is 2.32 bits per heavy atom. The molecule has 3 N–H and O–H groups in total. The number of aromatic nitrogens is 1. The molecule has 0 saturated heterocycles. The van der Waals surface area contributed by atoms with Crippen molar-refractivity contribution in [3.8, 4) is 0 Å². The van der Waals surface area contributed by atoms with Gasteiger partial charge in [0.05, 0.1) is 10.5 Å². The number of pyridine rings is 1. The SMILES string of the molecule is CCCCCc1cc(C(=O)NS(=O)(=O)c2ccc(CCNC(=O)CCC)cc2)cnc1C(=O)O. The maximum Gasteiger partial charge on any atom is 0.354 e. The number of rotatable bonds is 13. The summed E-state index contributed by atoms with van der Waals surface area (Å²) in [4.78, 5) is 39.3. The molecule has 2 amide bonds. The van der Waals surface area contributed by atoms with Gasteiger partial charge in [-0.15, -0.1) is 0 Å². The van der Waals surface area contributed by atoms with Crippen molar-refractivity contribution in [1.82, 2.24) is 15.0 Å². The van der Waals surface area contributed by atoms with Crippen LogP contribution in [0.2, 0.25) is 0 Å². The van der Waals surface area contributed by atoms with E-state index < -0.39 is 21.9 Å². The first kappa shape index (κ1) is 27.0. The second kappa shape index (κ2) is 12.8. The van der Waals surface area contributed by atoms with Crippen LogP contribution in [0.15, 0.2) is 41.4 Å². The zero-order valence-electron chi connectivity index (χ0n) is 19.5. The number of nitrogens with zero attached hydrogens (tertiary/aromatic N) is 1. The molecular formula is C24H31N3O6S. The van der Waals surface area contributed by atoms with Gasteiger partial charge in [-0.3, -0.25) is 9.59 Å². The first-order valence-corrected chi connectivity index (χ1v) is 12.8. The van der Waals surface area contributed by atoms with Crippen LogP contribution in [0.1, 0.15) is 77.9 Å². The Bertz CT molecular complexity index is 1110. The maximum absolute atomic E-state index is 12.7. The molecule has 0 bridgehead atoms. The molecule has 0 aliphatic rings. The number of nitrogens with one attached hydrogen (secondary N) is 2. The number of hydrogen-bond donors (Lipinski definition) is 3. The molecule has 0 unspecified atom stereocenters. The van der Waals surface area contributed by atoms with Crippen molar-refractivity contribution in [3.05, 3.63) is 58.9 Å². The molecule has 0 atom stereocenters. The van der Waals surface area contributed by atoms with Crippen LogP contribution in [0.25, 0.3) is 0 Å². The summed E-state index contributed by atoms with van der Waals surface area (Å²) in [6, 6.07) is 7.41. The topological polar surface area (TPSA) is 143 Å². The molecule has 1 heterocycles. The largest absolute Gasteiger partial charge is 0.477 e. The third-order valence-electron chi connectivity index (χ3n) is 5.15. The van der Waals surface area contributed by atoms with Crippen LogP contribution in [-0.4, -0.2) is 42.8 Å². The molecule has 34 heavy (non-hydrogen) atoms. The molecular weight excluding hydrogens is 458 g/mol. The van der Waals surface area contributed by atoms with Crippen molar-refractivity contribution >= 4 is 27.8 Å². The van der Waals surface area contributed by atoms with Gasteiger partial charge in [0, 0.05) is 19.2 Å². The molecule has 2 aromatic rings. The molecule has 0 aliphatic carbocycles. The fraction of sp³-hybridized carbons (Fsp3) is 0.417. The number of carboxylic acid groups (broad SMARTS) is 1. The average Bonchev–Trinajstić information content (AvgIpc) is 2.79. The van der Waals surface area contributed by atoms with E-state index in [-0.39, 0.29) is 22.1 Å². The minimum atomic E-state index is -4.14. The predicted octanol–water partition coefficient (Wildman–Crippen LogP) is 3.09. The van der Waals surface area contributed by atoms with Crippen molar-refractivity contribution in [1.29, 1.82) is 0 Å². The second-order valence-corrected chi connectivity index (χ2v) is 9.60. The van der Waals surface area contributed by atoms with Crippen molar-refractivity contribution < 1.29 is 27.9 Å². The zero-order valence-corrected chi connectivity index (χ0v) is 20.3. The summed E-state index contributed by atoms with van der Waals surface area (Å²) >= 11 is 0. The van der Waals surface area contributed by atoms with Crippen LogP contribution in [0, 0.1) is 0 Å². The van der Waals surface area contributed by atoms with E-state index in [0.29, 0.717) is 31.4 Å². The van der Waals surface area contributed by atoms with Crippen molar-refractivity contribution in [2.24, 2.45) is 0 Å². The Morgan fingerprint density at radius 1 is 1.00 bits per heavy atom. The van der Waals surface area contributed by atoms with Crippen LogP contribution in [0.3, 0.4) is 0 Å². The lowest BCUT2D eigenvalue weighted by atomic mass is 10.0. The third kappa shape index (κ3) is 7.95. The van der Waals surface area contributed by atoms with Gasteiger partial charge in [0.2, 0.25) is 5.91 Å². The second-order valence-electron chi connectivity index (χ2n) is 7.92. The summed E-state index contributed by atoms with van der Waals surface area (Å²) < 4.78 is 27.4. The van der Waals surface area contributed by atoms with E-state index in [1.54, 1.807) is 12.1 Å². The van der Waals surface area contributed by atoms with E-state index >= 15 is 0 Å². The van der Waals surface area contributed by atoms with Crippen LogP contribution >= 0.6 is 0 Å². The summed E-state index contributed by atoms with van der Waals surface area (Å²) in [6.45, 7) is 4.39. The number of hydrogen-bond acceptors (Lipinski definition) is 6. The van der Waals surface area contributed by atoms with E-state index in [1.807, 2.05) is 18.6 Å². The molecule has 184 valence electrons. The number of benzene rings is 1. The molecule has 0 saturated carbocycles. The van der Waals surface area contributed by atoms with E-state index in [9.17, 15) is 27.9 Å². The number of amides is 2. The van der Waals surface area contributed by atoms with Crippen LogP contribution in [-0.2, 0) is 27.7 Å². The normalized spacial score (nSPS) is 11.1. The Balaban J connectivity index is 2.07.